The van der Waals surface area contributed by atoms with Crippen molar-refractivity contribution in [3.63, 3.8) is 0 Å². The molecule has 1 aliphatic rings. The van der Waals surface area contributed by atoms with Crippen molar-refractivity contribution in [2.75, 3.05) is 40.5 Å². The Bertz CT molecular complexity index is 330. The first-order valence-corrected chi connectivity index (χ1v) is 7.50. The van der Waals surface area contributed by atoms with E-state index in [9.17, 15) is 4.79 Å². The van der Waals surface area contributed by atoms with Crippen molar-refractivity contribution in [1.82, 2.24) is 10.2 Å². The summed E-state index contributed by atoms with van der Waals surface area (Å²) in [4.78, 5) is 13.8. The van der Waals surface area contributed by atoms with Crippen molar-refractivity contribution in [2.45, 2.75) is 45.4 Å². The van der Waals surface area contributed by atoms with Crippen molar-refractivity contribution in [2.24, 2.45) is 5.92 Å². The molecule has 0 radical (unpaired) electrons. The van der Waals surface area contributed by atoms with Crippen LogP contribution in [0.2, 0.25) is 0 Å². The van der Waals surface area contributed by atoms with E-state index >= 15 is 0 Å². The normalized spacial score (nSPS) is 24.2. The first-order chi connectivity index (χ1) is 9.76. The highest BCUT2D eigenvalue weighted by Gasteiger charge is 2.37. The van der Waals surface area contributed by atoms with Gasteiger partial charge in [-0.2, -0.15) is 0 Å². The number of likely N-dealkylation sites (tertiary alicyclic amines) is 1. The highest BCUT2D eigenvalue weighted by Crippen LogP contribution is 2.17. The van der Waals surface area contributed by atoms with Gasteiger partial charge in [-0.05, 0) is 26.7 Å². The number of ether oxygens (including phenoxy) is 3. The van der Waals surface area contributed by atoms with Crippen LogP contribution in [0.1, 0.15) is 27.7 Å². The molecule has 124 valence electrons. The number of carbonyl (C=O) groups excluding carboxylic acids is 1. The summed E-state index contributed by atoms with van der Waals surface area (Å²) in [6, 6.07) is 0.127. The molecular formula is C15H30N2O4. The minimum atomic E-state index is -0.474. The first-order valence-electron chi connectivity index (χ1n) is 7.50. The summed E-state index contributed by atoms with van der Waals surface area (Å²) in [7, 11) is 3.38. The molecule has 1 aliphatic heterocycles. The van der Waals surface area contributed by atoms with Crippen molar-refractivity contribution in [3.8, 4) is 0 Å². The van der Waals surface area contributed by atoms with E-state index < -0.39 is 5.60 Å². The summed E-state index contributed by atoms with van der Waals surface area (Å²) in [5, 5.41) is 3.46. The van der Waals surface area contributed by atoms with E-state index in [-0.39, 0.29) is 18.2 Å². The Labute approximate surface area is 128 Å². The largest absolute Gasteiger partial charge is 0.444 e. The molecule has 6 nitrogen and oxygen atoms in total. The molecule has 6 heteroatoms. The zero-order valence-corrected chi connectivity index (χ0v) is 14.1. The fourth-order valence-corrected chi connectivity index (χ4v) is 2.38. The van der Waals surface area contributed by atoms with Crippen molar-refractivity contribution < 1.29 is 19.0 Å². The third kappa shape index (κ3) is 6.20. The van der Waals surface area contributed by atoms with Crippen LogP contribution in [0.4, 0.5) is 4.79 Å². The average molecular weight is 302 g/mol. The van der Waals surface area contributed by atoms with E-state index in [4.69, 9.17) is 14.2 Å². The molecule has 0 aliphatic carbocycles. The summed E-state index contributed by atoms with van der Waals surface area (Å²) in [6.45, 7) is 10.5. The molecule has 0 bridgehead atoms. The molecule has 1 rings (SSSR count). The van der Waals surface area contributed by atoms with E-state index in [1.165, 1.54) is 0 Å². The van der Waals surface area contributed by atoms with Crippen LogP contribution >= 0.6 is 0 Å². The Kier molecular flexibility index (Phi) is 6.90. The van der Waals surface area contributed by atoms with E-state index in [1.807, 2.05) is 20.8 Å². The summed E-state index contributed by atoms with van der Waals surface area (Å²) >= 11 is 0. The molecule has 3 atom stereocenters. The summed E-state index contributed by atoms with van der Waals surface area (Å²) in [6.07, 6.45) is -0.286. The Morgan fingerprint density at radius 2 is 2.00 bits per heavy atom. The molecule has 21 heavy (non-hydrogen) atoms. The zero-order valence-electron chi connectivity index (χ0n) is 14.1. The second-order valence-corrected chi connectivity index (χ2v) is 6.73. The van der Waals surface area contributed by atoms with Crippen LogP contribution in [-0.4, -0.2) is 69.2 Å². The highest BCUT2D eigenvalue weighted by atomic mass is 16.6. The second kappa shape index (κ2) is 7.96. The molecule has 1 heterocycles. The molecule has 0 spiro atoms. The fourth-order valence-electron chi connectivity index (χ4n) is 2.38. The minimum Gasteiger partial charge on any atom is -0.444 e. The van der Waals surface area contributed by atoms with Crippen LogP contribution < -0.4 is 5.32 Å². The number of hydrogen-bond donors (Lipinski definition) is 1. The highest BCUT2D eigenvalue weighted by molar-refractivity contribution is 5.68. The van der Waals surface area contributed by atoms with E-state index in [2.05, 4.69) is 12.2 Å². The molecule has 1 fully saturated rings. The van der Waals surface area contributed by atoms with Gasteiger partial charge in [0.15, 0.2) is 0 Å². The summed E-state index contributed by atoms with van der Waals surface area (Å²) in [5.74, 6) is 0.420. The van der Waals surface area contributed by atoms with Gasteiger partial charge in [0.2, 0.25) is 0 Å². The van der Waals surface area contributed by atoms with Gasteiger partial charge in [0.05, 0.1) is 18.7 Å². The third-order valence-electron chi connectivity index (χ3n) is 3.40. The van der Waals surface area contributed by atoms with Gasteiger partial charge < -0.3 is 24.4 Å². The summed E-state index contributed by atoms with van der Waals surface area (Å²) < 4.78 is 16.0. The van der Waals surface area contributed by atoms with Crippen molar-refractivity contribution >= 4 is 6.09 Å². The van der Waals surface area contributed by atoms with Gasteiger partial charge in [-0.25, -0.2) is 4.79 Å². The second-order valence-electron chi connectivity index (χ2n) is 6.73. The van der Waals surface area contributed by atoms with Crippen LogP contribution in [0.25, 0.3) is 0 Å². The Morgan fingerprint density at radius 1 is 1.33 bits per heavy atom. The van der Waals surface area contributed by atoms with Gasteiger partial charge in [-0.15, -0.1) is 0 Å². The van der Waals surface area contributed by atoms with Crippen molar-refractivity contribution in [3.05, 3.63) is 0 Å². The predicted octanol–water partition coefficient (Wildman–Crippen LogP) is 1.49. The predicted molar refractivity (Wildman–Crippen MR) is 81.4 cm³/mol. The SMILES string of the molecule is COCC(C)CNC1CN(C(=O)OC(C)(C)C)C[C@@H]1OC. The first kappa shape index (κ1) is 18.2. The van der Waals surface area contributed by atoms with E-state index in [0.29, 0.717) is 25.6 Å². The van der Waals surface area contributed by atoms with Crippen molar-refractivity contribution in [1.29, 1.82) is 0 Å². The van der Waals surface area contributed by atoms with E-state index in [0.717, 1.165) is 6.54 Å². The van der Waals surface area contributed by atoms with Gasteiger partial charge in [-0.1, -0.05) is 6.92 Å². The molecule has 0 aromatic heterocycles. The van der Waals surface area contributed by atoms with Gasteiger partial charge in [0.25, 0.3) is 0 Å². The maximum atomic E-state index is 12.1. The van der Waals surface area contributed by atoms with Gasteiger partial charge in [0.1, 0.15) is 5.60 Å². The molecule has 1 N–H and O–H groups in total. The monoisotopic (exact) mass is 302 g/mol. The lowest BCUT2D eigenvalue weighted by Gasteiger charge is -2.24. The molecule has 0 aromatic carbocycles. The number of nitrogens with zero attached hydrogens (tertiary/aromatic N) is 1. The van der Waals surface area contributed by atoms with Gasteiger partial charge in [0, 0.05) is 33.9 Å². The Morgan fingerprint density at radius 3 is 2.52 bits per heavy atom. The summed E-state index contributed by atoms with van der Waals surface area (Å²) in [5.41, 5.74) is -0.474. The lowest BCUT2D eigenvalue weighted by molar-refractivity contribution is 0.0252. The van der Waals surface area contributed by atoms with Crippen LogP contribution in [0.5, 0.6) is 0 Å². The van der Waals surface area contributed by atoms with Gasteiger partial charge >= 0.3 is 6.09 Å². The number of amides is 1. The quantitative estimate of drug-likeness (QED) is 0.805. The number of hydrogen-bond acceptors (Lipinski definition) is 5. The Balaban J connectivity index is 2.49. The van der Waals surface area contributed by atoms with Crippen LogP contribution in [0.15, 0.2) is 0 Å². The fraction of sp³-hybridized carbons (Fsp3) is 0.933. The van der Waals surface area contributed by atoms with Gasteiger partial charge in [-0.3, -0.25) is 0 Å². The van der Waals surface area contributed by atoms with E-state index in [1.54, 1.807) is 19.1 Å². The average Bonchev–Trinajstić information content (AvgIpc) is 2.78. The third-order valence-corrected chi connectivity index (χ3v) is 3.40. The standard InChI is InChI=1S/C15H30N2O4/c1-11(10-19-5)7-16-12-8-17(9-13(12)20-6)14(18)21-15(2,3)4/h11-13,16H,7-10H2,1-6H3/t11?,12?,13-/m0/s1. The molecular weight excluding hydrogens is 272 g/mol. The maximum absolute atomic E-state index is 12.1. The lowest BCUT2D eigenvalue weighted by atomic mass is 10.1. The van der Waals surface area contributed by atoms with Crippen LogP contribution in [0.3, 0.4) is 0 Å². The smallest absolute Gasteiger partial charge is 0.410 e. The number of methoxy groups -OCH3 is 2. The number of nitrogens with one attached hydrogen (secondary N) is 1. The molecule has 1 amide bonds. The van der Waals surface area contributed by atoms with Crippen LogP contribution in [0, 0.1) is 5.92 Å². The maximum Gasteiger partial charge on any atom is 0.410 e. The minimum absolute atomic E-state index is 0.00716. The number of rotatable bonds is 6. The topological polar surface area (TPSA) is 60.0 Å². The molecule has 1 saturated heterocycles. The molecule has 2 unspecified atom stereocenters. The van der Waals surface area contributed by atoms with Crippen LogP contribution in [-0.2, 0) is 14.2 Å². The zero-order chi connectivity index (χ0) is 16.0. The molecule has 0 saturated carbocycles. The Hall–Kier alpha value is -0.850. The molecule has 0 aromatic rings. The number of carbonyl (C=O) groups is 1. The lowest BCUT2D eigenvalue weighted by Crippen LogP contribution is -2.43.